The lowest BCUT2D eigenvalue weighted by atomic mass is 10.2. The number of rotatable bonds is 3. The van der Waals surface area contributed by atoms with Gasteiger partial charge in [-0.1, -0.05) is 0 Å². The lowest BCUT2D eigenvalue weighted by Gasteiger charge is -2.05. The second-order valence-corrected chi connectivity index (χ2v) is 3.69. The van der Waals surface area contributed by atoms with Crippen molar-refractivity contribution in [2.45, 2.75) is 6.92 Å². The summed E-state index contributed by atoms with van der Waals surface area (Å²) < 4.78 is 5.58. The van der Waals surface area contributed by atoms with Crippen LogP contribution in [0.3, 0.4) is 0 Å². The molecule has 6 heteroatoms. The number of nitrogen functional groups attached to an aromatic ring is 1. The Balaban J connectivity index is 2.36. The van der Waals surface area contributed by atoms with E-state index in [4.69, 9.17) is 22.7 Å². The van der Waals surface area contributed by atoms with Crippen molar-refractivity contribution in [2.24, 2.45) is 0 Å². The largest absolute Gasteiger partial charge is 0.494 e. The van der Waals surface area contributed by atoms with Crippen molar-refractivity contribution < 1.29 is 4.74 Å². The third kappa shape index (κ3) is 2.79. The summed E-state index contributed by atoms with van der Waals surface area (Å²) in [7, 11) is 0. The minimum Gasteiger partial charge on any atom is -0.494 e. The number of aromatic amines is 1. The van der Waals surface area contributed by atoms with Gasteiger partial charge in [-0.2, -0.15) is 4.98 Å². The average Bonchev–Trinajstić information content (AvgIpc) is 2.29. The molecule has 0 saturated carbocycles. The number of H-pyrrole nitrogens is 1. The molecule has 0 saturated heterocycles. The smallest absolute Gasteiger partial charge is 0.224 e. The molecule has 5 nitrogen and oxygen atoms in total. The zero-order valence-electron chi connectivity index (χ0n) is 9.30. The summed E-state index contributed by atoms with van der Waals surface area (Å²) in [6.07, 6.45) is 0. The van der Waals surface area contributed by atoms with Crippen LogP contribution in [0.2, 0.25) is 0 Å². The fourth-order valence-electron chi connectivity index (χ4n) is 1.41. The zero-order chi connectivity index (χ0) is 12.3. The maximum atomic E-state index is 5.58. The summed E-state index contributed by atoms with van der Waals surface area (Å²) in [5.74, 6) is 1.68. The topological polar surface area (TPSA) is 76.8 Å². The summed E-state index contributed by atoms with van der Waals surface area (Å²) >= 11 is 4.91. The molecular formula is C11H12N4OS. The van der Waals surface area contributed by atoms with Crippen molar-refractivity contribution >= 4 is 18.2 Å². The van der Waals surface area contributed by atoms with E-state index in [1.165, 1.54) is 0 Å². The lowest BCUT2D eigenvalue weighted by Crippen LogP contribution is -1.99. The molecule has 0 aliphatic carbocycles. The molecule has 17 heavy (non-hydrogen) atoms. The van der Waals surface area contributed by atoms with Crippen LogP contribution in [0.4, 0.5) is 5.95 Å². The molecule has 0 bridgehead atoms. The van der Waals surface area contributed by atoms with E-state index in [2.05, 4.69) is 15.0 Å². The molecule has 1 heterocycles. The Hall–Kier alpha value is -1.95. The number of ether oxygens (including phenoxy) is 1. The average molecular weight is 248 g/mol. The van der Waals surface area contributed by atoms with Gasteiger partial charge in [0, 0.05) is 5.56 Å². The van der Waals surface area contributed by atoms with E-state index < -0.39 is 0 Å². The highest BCUT2D eigenvalue weighted by Crippen LogP contribution is 2.19. The van der Waals surface area contributed by atoms with Gasteiger partial charge in [-0.05, 0) is 43.4 Å². The molecule has 0 unspecified atom stereocenters. The lowest BCUT2D eigenvalue weighted by molar-refractivity contribution is 0.340. The fraction of sp³-hybridized carbons (Fsp3) is 0.182. The summed E-state index contributed by atoms with van der Waals surface area (Å²) in [5, 5.41) is 0. The molecule has 1 aromatic carbocycles. The Morgan fingerprint density at radius 1 is 1.29 bits per heavy atom. The summed E-state index contributed by atoms with van der Waals surface area (Å²) in [5.41, 5.74) is 6.46. The molecule has 3 N–H and O–H groups in total. The van der Waals surface area contributed by atoms with Crippen LogP contribution in [0.1, 0.15) is 6.92 Å². The van der Waals surface area contributed by atoms with Gasteiger partial charge in [0.15, 0.2) is 0 Å². The molecule has 0 atom stereocenters. The van der Waals surface area contributed by atoms with Gasteiger partial charge >= 0.3 is 0 Å². The number of nitrogens with one attached hydrogen (secondary N) is 1. The second-order valence-electron chi connectivity index (χ2n) is 3.32. The monoisotopic (exact) mass is 248 g/mol. The summed E-state index contributed by atoms with van der Waals surface area (Å²) in [4.78, 5) is 10.8. The maximum Gasteiger partial charge on any atom is 0.224 e. The van der Waals surface area contributed by atoms with E-state index in [0.717, 1.165) is 11.3 Å². The minimum absolute atomic E-state index is 0.227. The van der Waals surface area contributed by atoms with Gasteiger partial charge in [0.25, 0.3) is 0 Å². The van der Waals surface area contributed by atoms with Gasteiger partial charge in [-0.25, -0.2) is 4.98 Å². The van der Waals surface area contributed by atoms with E-state index in [1.54, 1.807) is 0 Å². The highest BCUT2D eigenvalue weighted by molar-refractivity contribution is 7.71. The van der Waals surface area contributed by atoms with E-state index >= 15 is 0 Å². The number of hydrogen-bond donors (Lipinski definition) is 2. The van der Waals surface area contributed by atoms with Crippen LogP contribution < -0.4 is 10.5 Å². The molecule has 2 rings (SSSR count). The van der Waals surface area contributed by atoms with Crippen molar-refractivity contribution in [1.82, 2.24) is 15.0 Å². The number of nitrogens with two attached hydrogens (primary N) is 1. The van der Waals surface area contributed by atoms with E-state index in [-0.39, 0.29) is 10.7 Å². The van der Waals surface area contributed by atoms with Crippen LogP contribution in [0, 0.1) is 4.77 Å². The Bertz CT molecular complexity index is 564. The van der Waals surface area contributed by atoms with Crippen molar-refractivity contribution in [3.63, 3.8) is 0 Å². The fourth-order valence-corrected chi connectivity index (χ4v) is 1.60. The normalized spacial score (nSPS) is 10.2. The van der Waals surface area contributed by atoms with Crippen molar-refractivity contribution in [2.75, 3.05) is 12.3 Å². The Kier molecular flexibility index (Phi) is 3.34. The van der Waals surface area contributed by atoms with Gasteiger partial charge in [0.2, 0.25) is 10.7 Å². The molecule has 0 fully saturated rings. The summed E-state index contributed by atoms with van der Waals surface area (Å²) in [6, 6.07) is 7.51. The highest BCUT2D eigenvalue weighted by atomic mass is 32.1. The first kappa shape index (κ1) is 11.5. The third-order valence-corrected chi connectivity index (χ3v) is 2.29. The van der Waals surface area contributed by atoms with Gasteiger partial charge in [-0.3, -0.25) is 0 Å². The SMILES string of the molecule is CCOc1ccc(-c2nc(=S)nc(N)[nH]2)cc1. The van der Waals surface area contributed by atoms with E-state index in [9.17, 15) is 0 Å². The van der Waals surface area contributed by atoms with Crippen LogP contribution in [0.5, 0.6) is 5.75 Å². The molecule has 0 spiro atoms. The number of hydrogen-bond acceptors (Lipinski definition) is 5. The number of benzene rings is 1. The zero-order valence-corrected chi connectivity index (χ0v) is 10.1. The second kappa shape index (κ2) is 4.92. The van der Waals surface area contributed by atoms with Crippen molar-refractivity contribution in [3.8, 4) is 17.1 Å². The van der Waals surface area contributed by atoms with Crippen molar-refractivity contribution in [1.29, 1.82) is 0 Å². The first-order chi connectivity index (χ1) is 8.19. The molecule has 0 aliphatic heterocycles. The van der Waals surface area contributed by atoms with Crippen molar-refractivity contribution in [3.05, 3.63) is 29.0 Å². The molecule has 2 aromatic rings. The predicted octanol–water partition coefficient (Wildman–Crippen LogP) is 2.18. The standard InChI is InChI=1S/C11H12N4OS/c1-2-16-8-5-3-7(4-6-8)9-13-10(12)15-11(17)14-9/h3-6H,2H2,1H3,(H3,12,13,14,15,17). The van der Waals surface area contributed by atoms with Gasteiger partial charge in [-0.15, -0.1) is 0 Å². The Morgan fingerprint density at radius 3 is 2.59 bits per heavy atom. The van der Waals surface area contributed by atoms with E-state index in [0.29, 0.717) is 12.4 Å². The van der Waals surface area contributed by atoms with Crippen LogP contribution in [0.15, 0.2) is 24.3 Å². The Morgan fingerprint density at radius 2 is 2.00 bits per heavy atom. The Labute approximate surface area is 104 Å². The third-order valence-electron chi connectivity index (χ3n) is 2.11. The van der Waals surface area contributed by atoms with Gasteiger partial charge in [0.1, 0.15) is 11.6 Å². The van der Waals surface area contributed by atoms with Crippen LogP contribution >= 0.6 is 12.2 Å². The molecule has 1 aromatic heterocycles. The highest BCUT2D eigenvalue weighted by Gasteiger charge is 2.02. The van der Waals surface area contributed by atoms with Gasteiger partial charge < -0.3 is 15.5 Å². The first-order valence-electron chi connectivity index (χ1n) is 5.16. The molecule has 0 aliphatic rings. The number of anilines is 1. The summed E-state index contributed by atoms with van der Waals surface area (Å²) in [6.45, 7) is 2.58. The number of nitrogens with zero attached hydrogens (tertiary/aromatic N) is 2. The van der Waals surface area contributed by atoms with Crippen LogP contribution in [-0.2, 0) is 0 Å². The van der Waals surface area contributed by atoms with Gasteiger partial charge in [0.05, 0.1) is 6.61 Å². The maximum absolute atomic E-state index is 5.58. The molecule has 0 radical (unpaired) electrons. The quantitative estimate of drug-likeness (QED) is 0.814. The van der Waals surface area contributed by atoms with Crippen LogP contribution in [-0.4, -0.2) is 21.6 Å². The first-order valence-corrected chi connectivity index (χ1v) is 5.57. The molecule has 88 valence electrons. The van der Waals surface area contributed by atoms with Crippen LogP contribution in [0.25, 0.3) is 11.4 Å². The number of aromatic nitrogens is 3. The predicted molar refractivity (Wildman–Crippen MR) is 68.2 cm³/mol. The molecule has 0 amide bonds. The molecular weight excluding hydrogens is 236 g/mol. The van der Waals surface area contributed by atoms with E-state index in [1.807, 2.05) is 31.2 Å². The minimum atomic E-state index is 0.227.